The highest BCUT2D eigenvalue weighted by molar-refractivity contribution is 6.30. The Kier molecular flexibility index (Phi) is 7.16. The first-order chi connectivity index (χ1) is 14.2. The zero-order valence-electron chi connectivity index (χ0n) is 17.7. The van der Waals surface area contributed by atoms with Gasteiger partial charge in [-0.15, -0.1) is 0 Å². The summed E-state index contributed by atoms with van der Waals surface area (Å²) in [4.78, 5) is 24.3. The van der Waals surface area contributed by atoms with Crippen LogP contribution in [0.4, 0.5) is 5.69 Å². The van der Waals surface area contributed by atoms with Crippen LogP contribution < -0.4 is 10.6 Å². The number of halogens is 1. The van der Waals surface area contributed by atoms with Gasteiger partial charge in [0.05, 0.1) is 5.41 Å². The van der Waals surface area contributed by atoms with Crippen molar-refractivity contribution in [2.75, 3.05) is 11.9 Å². The maximum atomic E-state index is 12.3. The van der Waals surface area contributed by atoms with Crippen LogP contribution in [-0.2, 0) is 16.0 Å². The molecule has 0 spiro atoms. The third-order valence-corrected chi connectivity index (χ3v) is 5.45. The quantitative estimate of drug-likeness (QED) is 0.632. The summed E-state index contributed by atoms with van der Waals surface area (Å²) in [6.07, 6.45) is 2.62. The molecule has 3 rings (SSSR count). The van der Waals surface area contributed by atoms with E-state index in [1.807, 2.05) is 45.0 Å². The number of ether oxygens (including phenoxy) is 1. The lowest BCUT2D eigenvalue weighted by atomic mass is 9.97. The standard InChI is InChI=1S/C24H29ClN2O3/c1-24(2,3)23(29)30-21-14-17(15-26-21)5-4-16-6-12-20(13-7-16)27-22(28)18-8-10-19(25)11-9-18/h6-13,17,21,26H,4-5,14-15H2,1-3H3,(H,27,28). The number of rotatable bonds is 6. The summed E-state index contributed by atoms with van der Waals surface area (Å²) in [6.45, 7) is 6.45. The highest BCUT2D eigenvalue weighted by Crippen LogP contribution is 2.24. The van der Waals surface area contributed by atoms with Gasteiger partial charge in [0.1, 0.15) is 0 Å². The van der Waals surface area contributed by atoms with Crippen LogP contribution >= 0.6 is 11.6 Å². The Hall–Kier alpha value is -2.37. The predicted molar refractivity (Wildman–Crippen MR) is 120 cm³/mol. The number of nitrogens with one attached hydrogen (secondary N) is 2. The van der Waals surface area contributed by atoms with Gasteiger partial charge in [0.2, 0.25) is 0 Å². The zero-order chi connectivity index (χ0) is 21.7. The fourth-order valence-electron chi connectivity index (χ4n) is 3.31. The number of carbonyl (C=O) groups excluding carboxylic acids is 2. The van der Waals surface area contributed by atoms with Gasteiger partial charge >= 0.3 is 5.97 Å². The van der Waals surface area contributed by atoms with E-state index >= 15 is 0 Å². The van der Waals surface area contributed by atoms with Crippen molar-refractivity contribution in [3.8, 4) is 0 Å². The number of carbonyl (C=O) groups is 2. The molecular weight excluding hydrogens is 400 g/mol. The van der Waals surface area contributed by atoms with E-state index in [4.69, 9.17) is 16.3 Å². The highest BCUT2D eigenvalue weighted by atomic mass is 35.5. The molecule has 2 aromatic carbocycles. The molecule has 0 radical (unpaired) electrons. The van der Waals surface area contributed by atoms with Gasteiger partial charge in [-0.1, -0.05) is 23.7 Å². The fraction of sp³-hybridized carbons (Fsp3) is 0.417. The second kappa shape index (κ2) is 9.63. The second-order valence-corrected chi connectivity index (χ2v) is 9.29. The third-order valence-electron chi connectivity index (χ3n) is 5.20. The largest absolute Gasteiger partial charge is 0.446 e. The van der Waals surface area contributed by atoms with Crippen LogP contribution in [0.15, 0.2) is 48.5 Å². The van der Waals surface area contributed by atoms with Crippen molar-refractivity contribution in [1.29, 1.82) is 0 Å². The number of aryl methyl sites for hydroxylation is 1. The van der Waals surface area contributed by atoms with Crippen LogP contribution in [0, 0.1) is 11.3 Å². The van der Waals surface area contributed by atoms with E-state index in [2.05, 4.69) is 10.6 Å². The third kappa shape index (κ3) is 6.31. The summed E-state index contributed by atoms with van der Waals surface area (Å²) in [5.74, 6) is 0.149. The number of hydrogen-bond acceptors (Lipinski definition) is 4. The van der Waals surface area contributed by atoms with Crippen molar-refractivity contribution < 1.29 is 14.3 Å². The first kappa shape index (κ1) is 22.3. The molecule has 0 aliphatic carbocycles. The lowest BCUT2D eigenvalue weighted by molar-refractivity contribution is -0.159. The molecule has 2 N–H and O–H groups in total. The lowest BCUT2D eigenvalue weighted by Crippen LogP contribution is -2.33. The van der Waals surface area contributed by atoms with Crippen LogP contribution in [0.1, 0.15) is 49.5 Å². The molecule has 2 unspecified atom stereocenters. The zero-order valence-corrected chi connectivity index (χ0v) is 18.5. The van der Waals surface area contributed by atoms with E-state index in [9.17, 15) is 9.59 Å². The summed E-state index contributed by atoms with van der Waals surface area (Å²) in [5.41, 5.74) is 2.06. The molecule has 2 atom stereocenters. The maximum Gasteiger partial charge on any atom is 0.312 e. The van der Waals surface area contributed by atoms with Gasteiger partial charge in [-0.05, 0) is 81.5 Å². The molecule has 5 nitrogen and oxygen atoms in total. The Labute approximate surface area is 183 Å². The average Bonchev–Trinajstić information content (AvgIpc) is 3.14. The smallest absolute Gasteiger partial charge is 0.312 e. The minimum atomic E-state index is -0.482. The van der Waals surface area contributed by atoms with Crippen molar-refractivity contribution >= 4 is 29.2 Å². The van der Waals surface area contributed by atoms with Crippen LogP contribution in [-0.4, -0.2) is 24.6 Å². The number of amides is 1. The van der Waals surface area contributed by atoms with E-state index in [0.717, 1.165) is 31.5 Å². The molecule has 1 amide bonds. The van der Waals surface area contributed by atoms with Crippen molar-refractivity contribution in [2.45, 2.75) is 46.3 Å². The molecule has 160 valence electrons. The lowest BCUT2D eigenvalue weighted by Gasteiger charge is -2.20. The topological polar surface area (TPSA) is 67.4 Å². The number of anilines is 1. The van der Waals surface area contributed by atoms with Gasteiger partial charge in [0.25, 0.3) is 5.91 Å². The number of esters is 1. The fourth-order valence-corrected chi connectivity index (χ4v) is 3.44. The molecule has 1 saturated heterocycles. The van der Waals surface area contributed by atoms with Gasteiger partial charge in [0, 0.05) is 29.2 Å². The van der Waals surface area contributed by atoms with Crippen LogP contribution in [0.5, 0.6) is 0 Å². The van der Waals surface area contributed by atoms with Gasteiger partial charge in [-0.2, -0.15) is 0 Å². The van der Waals surface area contributed by atoms with Crippen LogP contribution in [0.3, 0.4) is 0 Å². The van der Waals surface area contributed by atoms with Crippen molar-refractivity contribution in [1.82, 2.24) is 5.32 Å². The van der Waals surface area contributed by atoms with Gasteiger partial charge in [-0.3, -0.25) is 14.9 Å². The van der Waals surface area contributed by atoms with E-state index in [0.29, 0.717) is 16.5 Å². The Balaban J connectivity index is 1.44. The molecule has 0 saturated carbocycles. The minimum absolute atomic E-state index is 0.160. The molecule has 1 aliphatic rings. The molecule has 2 aromatic rings. The SMILES string of the molecule is CC(C)(C)C(=O)OC1CC(CCc2ccc(NC(=O)c3ccc(Cl)cc3)cc2)CN1. The molecule has 0 bridgehead atoms. The molecule has 1 heterocycles. The molecule has 1 aliphatic heterocycles. The first-order valence-electron chi connectivity index (χ1n) is 10.3. The summed E-state index contributed by atoms with van der Waals surface area (Å²) in [5, 5.41) is 6.80. The minimum Gasteiger partial charge on any atom is -0.446 e. The first-order valence-corrected chi connectivity index (χ1v) is 10.7. The Morgan fingerprint density at radius 1 is 1.10 bits per heavy atom. The molecule has 6 heteroatoms. The second-order valence-electron chi connectivity index (χ2n) is 8.85. The van der Waals surface area contributed by atoms with Crippen molar-refractivity contribution in [3.05, 3.63) is 64.7 Å². The predicted octanol–water partition coefficient (Wildman–Crippen LogP) is 5.05. The summed E-state index contributed by atoms with van der Waals surface area (Å²) in [6, 6.07) is 14.7. The molecule has 1 fully saturated rings. The Morgan fingerprint density at radius 3 is 2.40 bits per heavy atom. The monoisotopic (exact) mass is 428 g/mol. The van der Waals surface area contributed by atoms with Crippen molar-refractivity contribution in [3.63, 3.8) is 0 Å². The molecule has 30 heavy (non-hydrogen) atoms. The van der Waals surface area contributed by atoms with Crippen LogP contribution in [0.25, 0.3) is 0 Å². The van der Waals surface area contributed by atoms with Crippen LogP contribution in [0.2, 0.25) is 5.02 Å². The summed E-state index contributed by atoms with van der Waals surface area (Å²) < 4.78 is 5.56. The van der Waals surface area contributed by atoms with Gasteiger partial charge < -0.3 is 10.1 Å². The Morgan fingerprint density at radius 2 is 1.77 bits per heavy atom. The number of hydrogen-bond donors (Lipinski definition) is 2. The average molecular weight is 429 g/mol. The molecular formula is C24H29ClN2O3. The van der Waals surface area contributed by atoms with E-state index in [1.54, 1.807) is 24.3 Å². The number of benzene rings is 2. The van der Waals surface area contributed by atoms with Gasteiger partial charge in [0.15, 0.2) is 6.23 Å². The maximum absolute atomic E-state index is 12.3. The van der Waals surface area contributed by atoms with E-state index in [-0.39, 0.29) is 18.1 Å². The molecule has 0 aromatic heterocycles. The van der Waals surface area contributed by atoms with E-state index in [1.165, 1.54) is 5.56 Å². The summed E-state index contributed by atoms with van der Waals surface area (Å²) in [7, 11) is 0. The highest BCUT2D eigenvalue weighted by Gasteiger charge is 2.31. The normalized spacial score (nSPS) is 18.8. The van der Waals surface area contributed by atoms with Gasteiger partial charge in [-0.25, -0.2) is 0 Å². The Bertz CT molecular complexity index is 873. The van der Waals surface area contributed by atoms with Crippen molar-refractivity contribution in [2.24, 2.45) is 11.3 Å². The van der Waals surface area contributed by atoms with E-state index < -0.39 is 5.41 Å². The summed E-state index contributed by atoms with van der Waals surface area (Å²) >= 11 is 5.86.